The van der Waals surface area contributed by atoms with Gasteiger partial charge in [0.15, 0.2) is 0 Å². The topological polar surface area (TPSA) is 110 Å². The van der Waals surface area contributed by atoms with E-state index in [1.54, 1.807) is 25.2 Å². The Kier molecular flexibility index (Phi) is 8.86. The van der Waals surface area contributed by atoms with E-state index in [2.05, 4.69) is 5.32 Å². The van der Waals surface area contributed by atoms with Crippen molar-refractivity contribution in [2.75, 3.05) is 31.3 Å². The summed E-state index contributed by atoms with van der Waals surface area (Å²) in [6.07, 6.45) is -3.95. The third kappa shape index (κ3) is 6.19. The van der Waals surface area contributed by atoms with Gasteiger partial charge >= 0.3 is 12.1 Å². The number of benzene rings is 3. The fourth-order valence-corrected chi connectivity index (χ4v) is 6.33. The minimum atomic E-state index is -4.74. The van der Waals surface area contributed by atoms with Gasteiger partial charge in [-0.05, 0) is 53.6 Å². The fourth-order valence-electron chi connectivity index (χ4n) is 6.33. The molecule has 0 saturated carbocycles. The van der Waals surface area contributed by atoms with Gasteiger partial charge in [-0.2, -0.15) is 13.2 Å². The van der Waals surface area contributed by atoms with Crippen LogP contribution in [0.2, 0.25) is 0 Å². The first kappa shape index (κ1) is 32.9. The zero-order valence-electron chi connectivity index (χ0n) is 25.6. The maximum atomic E-state index is 15.2. The normalized spacial score (nSPS) is 17.0. The van der Waals surface area contributed by atoms with Gasteiger partial charge in [-0.15, -0.1) is 0 Å². The average molecular weight is 672 g/mol. The van der Waals surface area contributed by atoms with E-state index in [4.69, 9.17) is 9.47 Å². The molecule has 9 nitrogen and oxygen atoms in total. The molecule has 252 valence electrons. The summed E-state index contributed by atoms with van der Waals surface area (Å²) in [7, 11) is 1.66. The van der Waals surface area contributed by atoms with Gasteiger partial charge in [-0.3, -0.25) is 9.59 Å². The minimum Gasteiger partial charge on any atom is -0.493 e. The molecule has 1 amide bonds. The van der Waals surface area contributed by atoms with Gasteiger partial charge in [0.2, 0.25) is 0 Å². The molecule has 4 aromatic rings. The molecular formula is C34H30F5N3O6. The van der Waals surface area contributed by atoms with Crippen LogP contribution in [0.25, 0.3) is 22.0 Å². The summed E-state index contributed by atoms with van der Waals surface area (Å²) in [6, 6.07) is 9.86. The Morgan fingerprint density at radius 1 is 1.04 bits per heavy atom. The van der Waals surface area contributed by atoms with Gasteiger partial charge in [0, 0.05) is 31.3 Å². The molecule has 1 aromatic heterocycles. The first-order valence-electron chi connectivity index (χ1n) is 15.2. The molecule has 48 heavy (non-hydrogen) atoms. The number of nitrogens with zero attached hydrogens (tertiary/aromatic N) is 2. The van der Waals surface area contributed by atoms with Crippen LogP contribution in [-0.2, 0) is 29.4 Å². The minimum absolute atomic E-state index is 0.104. The number of para-hydroxylation sites is 1. The number of carbonyl (C=O) groups excluding carboxylic acids is 1. The van der Waals surface area contributed by atoms with Crippen molar-refractivity contribution < 1.29 is 46.1 Å². The smallest absolute Gasteiger partial charge is 0.411 e. The van der Waals surface area contributed by atoms with E-state index >= 15 is 8.78 Å². The number of ether oxygens (including phenoxy) is 2. The van der Waals surface area contributed by atoms with Crippen molar-refractivity contribution in [3.63, 3.8) is 0 Å². The molecule has 2 aliphatic heterocycles. The highest BCUT2D eigenvalue weighted by Gasteiger charge is 2.46. The fraction of sp³-hybridized carbons (Fsp3) is 0.324. The summed E-state index contributed by atoms with van der Waals surface area (Å²) in [5.74, 6) is -5.37. The molecule has 2 N–H and O–H groups in total. The quantitative estimate of drug-likeness (QED) is 0.266. The predicted molar refractivity (Wildman–Crippen MR) is 165 cm³/mol. The second-order valence-corrected chi connectivity index (χ2v) is 11.7. The van der Waals surface area contributed by atoms with E-state index in [1.165, 1.54) is 4.57 Å². The molecule has 14 heteroatoms. The van der Waals surface area contributed by atoms with E-state index in [1.807, 2.05) is 24.3 Å². The number of rotatable bonds is 7. The van der Waals surface area contributed by atoms with Crippen molar-refractivity contribution in [3.05, 3.63) is 93.3 Å². The number of aryl methyl sites for hydroxylation is 1. The number of hydrogen-bond donors (Lipinski definition) is 2. The summed E-state index contributed by atoms with van der Waals surface area (Å²) >= 11 is 0. The van der Waals surface area contributed by atoms with Crippen molar-refractivity contribution in [2.24, 2.45) is 7.05 Å². The lowest BCUT2D eigenvalue weighted by atomic mass is 9.90. The van der Waals surface area contributed by atoms with Gasteiger partial charge in [-0.1, -0.05) is 30.3 Å². The molecule has 1 fully saturated rings. The highest BCUT2D eigenvalue weighted by molar-refractivity contribution is 5.97. The standard InChI is InChI=1S/C34H30F5N3O6/c1-41-27-7-3-2-5-19(27)13-23(32(41)44)22-9-8-18(21-6-4-11-48-30(21)22)14-26(33(45)46)40-31(43)29-24(35)15-20(16-25(29)36)42-10-12-47-17-28(42)34(37,38)39/h2-3,5,7-9,13,15-16,26,28H,4,6,10-12,14,17H2,1H3,(H,40,43)(H,45,46)/t26-,28+/m0/s1. The number of carboxylic acid groups (broad SMARTS) is 1. The molecule has 0 aliphatic carbocycles. The number of carboxylic acids is 1. The number of amides is 1. The van der Waals surface area contributed by atoms with Gasteiger partial charge in [0.05, 0.1) is 30.9 Å². The molecule has 1 saturated heterocycles. The highest BCUT2D eigenvalue weighted by Crippen LogP contribution is 2.39. The Labute approximate surface area is 270 Å². The number of fused-ring (bicyclic) bond motifs is 2. The molecule has 0 bridgehead atoms. The number of morpholine rings is 1. The third-order valence-corrected chi connectivity index (χ3v) is 8.72. The van der Waals surface area contributed by atoms with Crippen LogP contribution in [0, 0.1) is 11.6 Å². The van der Waals surface area contributed by atoms with Crippen molar-refractivity contribution in [1.29, 1.82) is 0 Å². The van der Waals surface area contributed by atoms with E-state index in [-0.39, 0.29) is 25.1 Å². The summed E-state index contributed by atoms with van der Waals surface area (Å²) in [5, 5.41) is 13.0. The lowest BCUT2D eigenvalue weighted by Gasteiger charge is -2.38. The van der Waals surface area contributed by atoms with Crippen LogP contribution in [0.4, 0.5) is 27.6 Å². The van der Waals surface area contributed by atoms with Crippen LogP contribution < -0.4 is 20.5 Å². The number of aliphatic carboxylic acids is 1. The lowest BCUT2D eigenvalue weighted by Crippen LogP contribution is -2.53. The lowest BCUT2D eigenvalue weighted by molar-refractivity contribution is -0.167. The van der Waals surface area contributed by atoms with Crippen LogP contribution in [0.3, 0.4) is 0 Å². The molecular weight excluding hydrogens is 641 g/mol. The Hall–Kier alpha value is -4.98. The van der Waals surface area contributed by atoms with Crippen LogP contribution in [0.15, 0.2) is 59.4 Å². The van der Waals surface area contributed by atoms with E-state index in [0.717, 1.165) is 15.8 Å². The monoisotopic (exact) mass is 671 g/mol. The third-order valence-electron chi connectivity index (χ3n) is 8.72. The first-order valence-corrected chi connectivity index (χ1v) is 15.2. The number of nitrogens with one attached hydrogen (secondary N) is 1. The van der Waals surface area contributed by atoms with Gasteiger partial charge in [-0.25, -0.2) is 13.6 Å². The Morgan fingerprint density at radius 3 is 2.48 bits per heavy atom. The molecule has 3 heterocycles. The van der Waals surface area contributed by atoms with Gasteiger partial charge in [0.1, 0.15) is 35.0 Å². The Bertz CT molecular complexity index is 1950. The molecule has 2 atom stereocenters. The molecule has 0 unspecified atom stereocenters. The maximum absolute atomic E-state index is 15.2. The maximum Gasteiger partial charge on any atom is 0.411 e. The van der Waals surface area contributed by atoms with Crippen LogP contribution in [-0.4, -0.2) is 66.2 Å². The molecule has 3 aromatic carbocycles. The first-order chi connectivity index (χ1) is 22.8. The van der Waals surface area contributed by atoms with Gasteiger partial charge < -0.3 is 29.4 Å². The van der Waals surface area contributed by atoms with Crippen molar-refractivity contribution >= 4 is 28.5 Å². The second kappa shape index (κ2) is 12.9. The Balaban J connectivity index is 1.28. The van der Waals surface area contributed by atoms with Crippen molar-refractivity contribution in [2.45, 2.75) is 37.5 Å². The molecule has 0 spiro atoms. The average Bonchev–Trinajstić information content (AvgIpc) is 3.05. The van der Waals surface area contributed by atoms with E-state index in [0.29, 0.717) is 59.6 Å². The summed E-state index contributed by atoms with van der Waals surface area (Å²) in [6.45, 7) is -0.770. The number of halogens is 5. The number of hydrogen-bond acceptors (Lipinski definition) is 6. The van der Waals surface area contributed by atoms with Gasteiger partial charge in [0.25, 0.3) is 11.5 Å². The second-order valence-electron chi connectivity index (χ2n) is 11.7. The number of carbonyl (C=O) groups is 2. The number of anilines is 1. The van der Waals surface area contributed by atoms with Crippen LogP contribution >= 0.6 is 0 Å². The Morgan fingerprint density at radius 2 is 1.77 bits per heavy atom. The predicted octanol–water partition coefficient (Wildman–Crippen LogP) is 5.00. The largest absolute Gasteiger partial charge is 0.493 e. The summed E-state index contributed by atoms with van der Waals surface area (Å²) in [4.78, 5) is 39.5. The summed E-state index contributed by atoms with van der Waals surface area (Å²) in [5.41, 5.74) is 0.953. The SMILES string of the molecule is Cn1c(=O)c(-c2ccc(C[C@H](NC(=O)c3c(F)cc(N4CCOC[C@@H]4C(F)(F)F)cc3F)C(=O)O)c3c2OCCC3)cc2ccccc21. The molecule has 2 aliphatic rings. The van der Waals surface area contributed by atoms with Crippen LogP contribution in [0.1, 0.15) is 27.9 Å². The molecule has 6 rings (SSSR count). The zero-order chi connectivity index (χ0) is 34.3. The number of pyridine rings is 1. The molecule has 0 radical (unpaired) electrons. The van der Waals surface area contributed by atoms with E-state index in [9.17, 15) is 32.7 Å². The van der Waals surface area contributed by atoms with Crippen LogP contribution in [0.5, 0.6) is 5.75 Å². The number of aromatic nitrogens is 1. The van der Waals surface area contributed by atoms with Crippen molar-refractivity contribution in [3.8, 4) is 16.9 Å². The summed E-state index contributed by atoms with van der Waals surface area (Å²) < 4.78 is 83.4. The van der Waals surface area contributed by atoms with Crippen molar-refractivity contribution in [1.82, 2.24) is 9.88 Å². The highest BCUT2D eigenvalue weighted by atomic mass is 19.4. The zero-order valence-corrected chi connectivity index (χ0v) is 25.6. The number of alkyl halides is 3. The van der Waals surface area contributed by atoms with E-state index < -0.39 is 59.6 Å².